The largest absolute Gasteiger partial charge is 0.390 e. The highest BCUT2D eigenvalue weighted by atomic mass is 79.9. The topological polar surface area (TPSA) is 65.0 Å². The Morgan fingerprint density at radius 2 is 2.12 bits per heavy atom. The third-order valence-corrected chi connectivity index (χ3v) is 5.53. The van der Waals surface area contributed by atoms with Crippen molar-refractivity contribution in [3.63, 3.8) is 0 Å². The number of alkyl halides is 1. The average Bonchev–Trinajstić information content (AvgIpc) is 2.63. The van der Waals surface area contributed by atoms with Gasteiger partial charge in [0.1, 0.15) is 0 Å². The zero-order chi connectivity index (χ0) is 17.6. The summed E-state index contributed by atoms with van der Waals surface area (Å²) in [7, 11) is 0. The minimum atomic E-state index is -0.659. The maximum Gasteiger partial charge on any atom is 0.151 e. The Morgan fingerprint density at radius 3 is 2.92 bits per heavy atom. The molecule has 25 heavy (non-hydrogen) atoms. The molecule has 1 unspecified atom stereocenters. The molecule has 0 aliphatic carbocycles. The van der Waals surface area contributed by atoms with E-state index >= 15 is 0 Å². The van der Waals surface area contributed by atoms with Crippen molar-refractivity contribution >= 4 is 21.7 Å². The SMILES string of the molecule is O=C(C[C@H]1O[C@H]2CCCO[C@@H]2C[C@@H]1O)C(Br)COCc1ccccc1. The van der Waals surface area contributed by atoms with Crippen molar-refractivity contribution in [3.05, 3.63) is 35.9 Å². The lowest BCUT2D eigenvalue weighted by Gasteiger charge is -2.41. The number of aliphatic hydroxyl groups excluding tert-OH is 1. The van der Waals surface area contributed by atoms with Gasteiger partial charge in [-0.1, -0.05) is 46.3 Å². The van der Waals surface area contributed by atoms with Crippen molar-refractivity contribution in [2.24, 2.45) is 0 Å². The second-order valence-electron chi connectivity index (χ2n) is 6.71. The first-order valence-corrected chi connectivity index (χ1v) is 9.78. The zero-order valence-corrected chi connectivity index (χ0v) is 15.8. The maximum absolute atomic E-state index is 12.4. The van der Waals surface area contributed by atoms with Crippen LogP contribution in [0.3, 0.4) is 0 Å². The normalized spacial score (nSPS) is 30.5. The number of Topliss-reactive ketones (excluding diaryl/α,β-unsaturated/α-hetero) is 1. The van der Waals surface area contributed by atoms with E-state index in [1.807, 2.05) is 30.3 Å². The van der Waals surface area contributed by atoms with Crippen molar-refractivity contribution in [2.45, 2.75) is 61.5 Å². The quantitative estimate of drug-likeness (QED) is 0.697. The number of hydrogen-bond acceptors (Lipinski definition) is 5. The predicted octanol–water partition coefficient (Wildman–Crippen LogP) is 2.62. The third-order valence-electron chi connectivity index (χ3n) is 4.76. The van der Waals surface area contributed by atoms with E-state index < -0.39 is 17.0 Å². The van der Waals surface area contributed by atoms with E-state index in [1.54, 1.807) is 0 Å². The fraction of sp³-hybridized carbons (Fsp3) is 0.632. The summed E-state index contributed by atoms with van der Waals surface area (Å²) in [6.07, 6.45) is 1.47. The van der Waals surface area contributed by atoms with Crippen LogP contribution in [0.15, 0.2) is 30.3 Å². The minimum absolute atomic E-state index is 0.00180. The first-order valence-electron chi connectivity index (χ1n) is 8.87. The Labute approximate surface area is 156 Å². The fourth-order valence-electron chi connectivity index (χ4n) is 3.35. The molecule has 2 aliphatic rings. The second kappa shape index (κ2) is 9.24. The van der Waals surface area contributed by atoms with Gasteiger partial charge in [0, 0.05) is 19.4 Å². The van der Waals surface area contributed by atoms with Crippen molar-refractivity contribution in [1.82, 2.24) is 0 Å². The van der Waals surface area contributed by atoms with Crippen LogP contribution in [0.5, 0.6) is 0 Å². The lowest BCUT2D eigenvalue weighted by Crippen LogP contribution is -2.51. The number of rotatable bonds is 7. The van der Waals surface area contributed by atoms with Gasteiger partial charge < -0.3 is 19.3 Å². The molecule has 0 saturated carbocycles. The number of hydrogen-bond donors (Lipinski definition) is 1. The lowest BCUT2D eigenvalue weighted by molar-refractivity contribution is -0.203. The second-order valence-corrected chi connectivity index (χ2v) is 7.81. The highest BCUT2D eigenvalue weighted by Gasteiger charge is 2.40. The summed E-state index contributed by atoms with van der Waals surface area (Å²) in [4.78, 5) is 12.0. The number of carbonyl (C=O) groups excluding carboxylic acids is 1. The van der Waals surface area contributed by atoms with E-state index in [0.29, 0.717) is 19.6 Å². The molecule has 6 heteroatoms. The van der Waals surface area contributed by atoms with Gasteiger partial charge in [-0.25, -0.2) is 0 Å². The third kappa shape index (κ3) is 5.34. The van der Waals surface area contributed by atoms with Gasteiger partial charge in [0.25, 0.3) is 0 Å². The van der Waals surface area contributed by atoms with E-state index in [-0.39, 0.29) is 24.4 Å². The summed E-state index contributed by atoms with van der Waals surface area (Å²) >= 11 is 3.40. The van der Waals surface area contributed by atoms with Crippen LogP contribution in [0.2, 0.25) is 0 Å². The number of benzene rings is 1. The summed E-state index contributed by atoms with van der Waals surface area (Å²) in [5.74, 6) is -0.00714. The van der Waals surface area contributed by atoms with Gasteiger partial charge in [0.05, 0.1) is 42.5 Å². The van der Waals surface area contributed by atoms with Gasteiger partial charge in [0.2, 0.25) is 0 Å². The maximum atomic E-state index is 12.4. The highest BCUT2D eigenvalue weighted by Crippen LogP contribution is 2.30. The Morgan fingerprint density at radius 1 is 1.32 bits per heavy atom. The van der Waals surface area contributed by atoms with E-state index in [9.17, 15) is 9.90 Å². The average molecular weight is 413 g/mol. The molecule has 0 radical (unpaired) electrons. The minimum Gasteiger partial charge on any atom is -0.390 e. The molecule has 138 valence electrons. The van der Waals surface area contributed by atoms with Crippen molar-refractivity contribution in [3.8, 4) is 0 Å². The molecule has 2 aliphatic heterocycles. The summed E-state index contributed by atoms with van der Waals surface area (Å²) in [6, 6.07) is 9.84. The van der Waals surface area contributed by atoms with Crippen LogP contribution >= 0.6 is 15.9 Å². The Bertz CT molecular complexity index is 552. The summed E-state index contributed by atoms with van der Waals surface area (Å²) in [5.41, 5.74) is 1.07. The van der Waals surface area contributed by atoms with Gasteiger partial charge >= 0.3 is 0 Å². The number of halogens is 1. The first-order chi connectivity index (χ1) is 12.1. The molecule has 2 heterocycles. The van der Waals surface area contributed by atoms with Gasteiger partial charge in [0.15, 0.2) is 5.78 Å². The Hall–Kier alpha value is -0.790. The zero-order valence-electron chi connectivity index (χ0n) is 14.2. The molecule has 1 aromatic carbocycles. The molecular formula is C19H25BrO5. The van der Waals surface area contributed by atoms with Crippen molar-refractivity contribution in [2.75, 3.05) is 13.2 Å². The number of aliphatic hydroxyl groups is 1. The van der Waals surface area contributed by atoms with E-state index in [2.05, 4.69) is 15.9 Å². The lowest BCUT2D eigenvalue weighted by atomic mass is 9.91. The molecule has 0 spiro atoms. The van der Waals surface area contributed by atoms with Crippen molar-refractivity contribution < 1.29 is 24.1 Å². The van der Waals surface area contributed by atoms with Gasteiger partial charge in [-0.15, -0.1) is 0 Å². The molecule has 0 bridgehead atoms. The van der Waals surface area contributed by atoms with Gasteiger partial charge in [-0.2, -0.15) is 0 Å². The molecule has 2 fully saturated rings. The van der Waals surface area contributed by atoms with Crippen molar-refractivity contribution in [1.29, 1.82) is 0 Å². The number of carbonyl (C=O) groups is 1. The summed E-state index contributed by atoms with van der Waals surface area (Å²) in [5, 5.41) is 10.3. The smallest absolute Gasteiger partial charge is 0.151 e. The molecule has 3 rings (SSSR count). The number of ketones is 1. The molecule has 5 nitrogen and oxygen atoms in total. The molecule has 0 aromatic heterocycles. The van der Waals surface area contributed by atoms with E-state index in [1.165, 1.54) is 0 Å². The molecule has 5 atom stereocenters. The number of ether oxygens (including phenoxy) is 3. The van der Waals surface area contributed by atoms with Crippen LogP contribution in [0.1, 0.15) is 31.2 Å². The van der Waals surface area contributed by atoms with Crippen LogP contribution < -0.4 is 0 Å². The molecular weight excluding hydrogens is 388 g/mol. The van der Waals surface area contributed by atoms with Crippen LogP contribution in [-0.2, 0) is 25.6 Å². The summed E-state index contributed by atoms with van der Waals surface area (Å²) in [6.45, 7) is 1.49. The van der Waals surface area contributed by atoms with Crippen LogP contribution in [0.4, 0.5) is 0 Å². The van der Waals surface area contributed by atoms with E-state index in [0.717, 1.165) is 25.0 Å². The molecule has 1 aromatic rings. The Kier molecular flexibility index (Phi) is 7.01. The highest BCUT2D eigenvalue weighted by molar-refractivity contribution is 9.10. The number of fused-ring (bicyclic) bond motifs is 1. The van der Waals surface area contributed by atoms with Gasteiger partial charge in [-0.3, -0.25) is 4.79 Å². The molecule has 0 amide bonds. The Balaban J connectivity index is 1.42. The van der Waals surface area contributed by atoms with E-state index in [4.69, 9.17) is 14.2 Å². The monoisotopic (exact) mass is 412 g/mol. The molecule has 1 N–H and O–H groups in total. The molecule has 2 saturated heterocycles. The predicted molar refractivity (Wildman–Crippen MR) is 96.7 cm³/mol. The van der Waals surface area contributed by atoms with Crippen LogP contribution in [-0.4, -0.2) is 53.3 Å². The summed E-state index contributed by atoms with van der Waals surface area (Å²) < 4.78 is 17.2. The fourth-order valence-corrected chi connectivity index (χ4v) is 3.72. The first kappa shape index (κ1) is 19.0. The van der Waals surface area contributed by atoms with Gasteiger partial charge in [-0.05, 0) is 18.4 Å². The van der Waals surface area contributed by atoms with Crippen LogP contribution in [0.25, 0.3) is 0 Å². The standard InChI is InChI=1S/C19H25BrO5/c20-14(12-23-11-13-5-2-1-3-6-13)15(21)9-18-16(22)10-19-17(25-18)7-4-8-24-19/h1-3,5-6,14,16-19,22H,4,7-12H2/t14?,16-,17-,18+,19+/m0/s1. The van der Waals surface area contributed by atoms with Crippen LogP contribution in [0, 0.1) is 0 Å².